The molecule has 2 aromatic rings. The van der Waals surface area contributed by atoms with Gasteiger partial charge in [-0.1, -0.05) is 31.2 Å². The largest absolute Gasteiger partial charge is 0.455 e. The van der Waals surface area contributed by atoms with Crippen molar-refractivity contribution in [1.82, 2.24) is 5.32 Å². The fraction of sp³-hybridized carbons (Fsp3) is 0.250. The highest BCUT2D eigenvalue weighted by Crippen LogP contribution is 2.31. The Morgan fingerprint density at radius 3 is 2.40 bits per heavy atom. The van der Waals surface area contributed by atoms with Crippen LogP contribution >= 0.6 is 0 Å². The maximum absolute atomic E-state index is 12.4. The molecule has 1 N–H and O–H groups in total. The average Bonchev–Trinajstić information content (AvgIpc) is 2.91. The number of benzene rings is 1. The molecule has 1 heterocycles. The van der Waals surface area contributed by atoms with Gasteiger partial charge in [-0.3, -0.25) is 9.59 Å². The van der Waals surface area contributed by atoms with E-state index in [2.05, 4.69) is 5.32 Å². The summed E-state index contributed by atoms with van der Waals surface area (Å²) >= 11 is 0. The van der Waals surface area contributed by atoms with Crippen molar-refractivity contribution < 1.29 is 14.0 Å². The van der Waals surface area contributed by atoms with Crippen LogP contribution in [0.25, 0.3) is 0 Å². The fourth-order valence-electron chi connectivity index (χ4n) is 2.51. The van der Waals surface area contributed by atoms with Crippen LogP contribution in [0.4, 0.5) is 0 Å². The maximum atomic E-state index is 12.4. The number of ketones is 2. The molecule has 3 rings (SSSR count). The number of carbonyl (C=O) groups is 2. The molecule has 0 saturated heterocycles. The van der Waals surface area contributed by atoms with Gasteiger partial charge < -0.3 is 9.73 Å². The zero-order valence-corrected chi connectivity index (χ0v) is 11.4. The molecule has 1 aromatic carbocycles. The minimum Gasteiger partial charge on any atom is -0.455 e. The van der Waals surface area contributed by atoms with Gasteiger partial charge in [0.2, 0.25) is 5.78 Å². The summed E-state index contributed by atoms with van der Waals surface area (Å²) in [5.74, 6) is 0.416. The van der Waals surface area contributed by atoms with Gasteiger partial charge >= 0.3 is 0 Å². The fourth-order valence-corrected chi connectivity index (χ4v) is 2.51. The highest BCUT2D eigenvalue weighted by molar-refractivity contribution is 6.27. The molecular formula is C16H15NO3. The molecule has 102 valence electrons. The number of fused-ring (bicyclic) bond motifs is 2. The minimum atomic E-state index is -0.217. The van der Waals surface area contributed by atoms with Crippen molar-refractivity contribution in [2.45, 2.75) is 19.9 Å². The Morgan fingerprint density at radius 1 is 1.10 bits per heavy atom. The van der Waals surface area contributed by atoms with E-state index in [1.54, 1.807) is 30.3 Å². The Bertz CT molecular complexity index is 647. The summed E-state index contributed by atoms with van der Waals surface area (Å²) in [4.78, 5) is 24.8. The molecule has 1 aromatic heterocycles. The molecule has 1 atom stereocenters. The predicted octanol–water partition coefficient (Wildman–Crippen LogP) is 2.73. The first-order valence-corrected chi connectivity index (χ1v) is 6.69. The van der Waals surface area contributed by atoms with Gasteiger partial charge in [0.15, 0.2) is 11.5 Å². The van der Waals surface area contributed by atoms with Crippen LogP contribution in [-0.4, -0.2) is 18.1 Å². The summed E-state index contributed by atoms with van der Waals surface area (Å²) in [7, 11) is 0. The van der Waals surface area contributed by atoms with Gasteiger partial charge in [-0.05, 0) is 19.5 Å². The summed E-state index contributed by atoms with van der Waals surface area (Å²) in [5, 5.41) is 3.21. The molecule has 4 heteroatoms. The van der Waals surface area contributed by atoms with Crippen LogP contribution in [0.15, 0.2) is 34.7 Å². The van der Waals surface area contributed by atoms with Gasteiger partial charge in [0.1, 0.15) is 5.76 Å². The molecule has 4 nitrogen and oxygen atoms in total. The summed E-state index contributed by atoms with van der Waals surface area (Å²) in [6, 6.07) is 8.50. The molecule has 1 unspecified atom stereocenters. The van der Waals surface area contributed by atoms with Crippen molar-refractivity contribution in [3.63, 3.8) is 0 Å². The first-order valence-electron chi connectivity index (χ1n) is 6.69. The Labute approximate surface area is 116 Å². The highest BCUT2D eigenvalue weighted by Gasteiger charge is 2.33. The van der Waals surface area contributed by atoms with Crippen LogP contribution in [0.3, 0.4) is 0 Å². The van der Waals surface area contributed by atoms with Crippen LogP contribution in [-0.2, 0) is 0 Å². The van der Waals surface area contributed by atoms with Crippen molar-refractivity contribution in [2.24, 2.45) is 0 Å². The lowest BCUT2D eigenvalue weighted by molar-refractivity contribution is 0.0959. The zero-order chi connectivity index (χ0) is 14.3. The predicted molar refractivity (Wildman–Crippen MR) is 74.1 cm³/mol. The minimum absolute atomic E-state index is 0.0330. The van der Waals surface area contributed by atoms with Crippen LogP contribution in [0.2, 0.25) is 0 Å². The molecule has 0 bridgehead atoms. The molecule has 1 aliphatic carbocycles. The van der Waals surface area contributed by atoms with Crippen molar-refractivity contribution >= 4 is 11.6 Å². The molecule has 0 saturated carbocycles. The Morgan fingerprint density at radius 2 is 1.75 bits per heavy atom. The van der Waals surface area contributed by atoms with Crippen molar-refractivity contribution in [2.75, 3.05) is 6.54 Å². The number of furan rings is 1. The van der Waals surface area contributed by atoms with E-state index in [1.165, 1.54) is 0 Å². The monoisotopic (exact) mass is 269 g/mol. The smallest absolute Gasteiger partial charge is 0.229 e. The molecule has 0 spiro atoms. The summed E-state index contributed by atoms with van der Waals surface area (Å²) < 4.78 is 5.63. The van der Waals surface area contributed by atoms with Gasteiger partial charge in [0.25, 0.3) is 0 Å². The topological polar surface area (TPSA) is 59.3 Å². The SMILES string of the molecule is CCNC(C)c1cc2c(o1)C(=O)c1ccccc1C2=O. The van der Waals surface area contributed by atoms with E-state index in [9.17, 15) is 9.59 Å². The third-order valence-electron chi connectivity index (χ3n) is 3.56. The third kappa shape index (κ3) is 1.80. The van der Waals surface area contributed by atoms with Gasteiger partial charge in [-0.25, -0.2) is 0 Å². The molecule has 0 radical (unpaired) electrons. The lowest BCUT2D eigenvalue weighted by atomic mass is 9.88. The van der Waals surface area contributed by atoms with Crippen molar-refractivity contribution in [3.8, 4) is 0 Å². The Hall–Kier alpha value is -2.20. The van der Waals surface area contributed by atoms with Crippen molar-refractivity contribution in [3.05, 3.63) is 58.5 Å². The molecule has 20 heavy (non-hydrogen) atoms. The second kappa shape index (κ2) is 4.72. The van der Waals surface area contributed by atoms with E-state index in [0.717, 1.165) is 6.54 Å². The van der Waals surface area contributed by atoms with Crippen LogP contribution < -0.4 is 5.32 Å². The van der Waals surface area contributed by atoms with E-state index >= 15 is 0 Å². The number of hydrogen-bond acceptors (Lipinski definition) is 4. The van der Waals surface area contributed by atoms with E-state index in [0.29, 0.717) is 22.5 Å². The number of nitrogens with one attached hydrogen (secondary N) is 1. The number of hydrogen-bond donors (Lipinski definition) is 1. The van der Waals surface area contributed by atoms with Gasteiger partial charge in [-0.2, -0.15) is 0 Å². The number of carbonyl (C=O) groups excluding carboxylic acids is 2. The van der Waals surface area contributed by atoms with Crippen molar-refractivity contribution in [1.29, 1.82) is 0 Å². The molecular weight excluding hydrogens is 254 g/mol. The maximum Gasteiger partial charge on any atom is 0.229 e. The quantitative estimate of drug-likeness (QED) is 0.794. The normalized spacial score (nSPS) is 14.9. The number of rotatable bonds is 3. The molecule has 0 amide bonds. The van der Waals surface area contributed by atoms with Gasteiger partial charge in [0, 0.05) is 11.1 Å². The molecule has 1 aliphatic rings. The second-order valence-electron chi connectivity index (χ2n) is 4.87. The molecule has 0 fully saturated rings. The standard InChI is InChI=1S/C16H15NO3/c1-3-17-9(2)13-8-12-14(18)10-6-4-5-7-11(10)15(19)16(12)20-13/h4-9,17H,3H2,1-2H3. The van der Waals surface area contributed by atoms with Crippen LogP contribution in [0.5, 0.6) is 0 Å². The van der Waals surface area contributed by atoms with E-state index in [4.69, 9.17) is 4.42 Å². The lowest BCUT2D eigenvalue weighted by Crippen LogP contribution is -2.18. The van der Waals surface area contributed by atoms with Gasteiger partial charge in [-0.15, -0.1) is 0 Å². The summed E-state index contributed by atoms with van der Waals surface area (Å²) in [6.45, 7) is 4.72. The Balaban J connectivity index is 2.10. The van der Waals surface area contributed by atoms with Crippen LogP contribution in [0.1, 0.15) is 57.7 Å². The highest BCUT2D eigenvalue weighted by atomic mass is 16.4. The van der Waals surface area contributed by atoms with Crippen LogP contribution in [0, 0.1) is 0 Å². The summed E-state index contributed by atoms with van der Waals surface area (Å²) in [5.41, 5.74) is 1.24. The zero-order valence-electron chi connectivity index (χ0n) is 11.4. The van der Waals surface area contributed by atoms with Gasteiger partial charge in [0.05, 0.1) is 11.6 Å². The summed E-state index contributed by atoms with van der Waals surface area (Å²) in [6.07, 6.45) is 0. The first-order chi connectivity index (χ1) is 9.63. The Kier molecular flexibility index (Phi) is 3.03. The molecule has 0 aliphatic heterocycles. The van der Waals surface area contributed by atoms with E-state index in [-0.39, 0.29) is 23.4 Å². The second-order valence-corrected chi connectivity index (χ2v) is 4.87. The van der Waals surface area contributed by atoms with E-state index < -0.39 is 0 Å². The van der Waals surface area contributed by atoms with E-state index in [1.807, 2.05) is 13.8 Å². The lowest BCUT2D eigenvalue weighted by Gasteiger charge is -2.12. The first kappa shape index (κ1) is 12.8. The average molecular weight is 269 g/mol. The third-order valence-corrected chi connectivity index (χ3v) is 3.56.